The number of nitrogens with one attached hydrogen (secondary N) is 2. The van der Waals surface area contributed by atoms with E-state index < -0.39 is 10.0 Å². The van der Waals surface area contributed by atoms with E-state index >= 15 is 0 Å². The van der Waals surface area contributed by atoms with Crippen molar-refractivity contribution in [1.29, 1.82) is 0 Å². The van der Waals surface area contributed by atoms with Gasteiger partial charge in [-0.05, 0) is 18.8 Å². The zero-order chi connectivity index (χ0) is 13.7. The summed E-state index contributed by atoms with van der Waals surface area (Å²) in [6.45, 7) is 1.76. The molecule has 0 aromatic carbocycles. The third-order valence-electron chi connectivity index (χ3n) is 2.98. The molecule has 1 aliphatic rings. The third-order valence-corrected chi connectivity index (χ3v) is 4.36. The number of hydrogen-bond acceptors (Lipinski definition) is 6. The predicted octanol–water partition coefficient (Wildman–Crippen LogP) is 0.223. The standard InChI is InChI=1S/C11H18N4O3S/c1-12-11-13-6-10(7-14-11)19(16,17)15-5-9-3-2-4-18-8-9/h6-7,9,15H,2-5,8H2,1H3,(H,12,13,14). The zero-order valence-corrected chi connectivity index (χ0v) is 11.6. The fraction of sp³-hybridized carbons (Fsp3) is 0.636. The average Bonchev–Trinajstić information content (AvgIpc) is 2.46. The van der Waals surface area contributed by atoms with Gasteiger partial charge in [0.25, 0.3) is 0 Å². The van der Waals surface area contributed by atoms with Crippen molar-refractivity contribution in [2.45, 2.75) is 17.7 Å². The van der Waals surface area contributed by atoms with Gasteiger partial charge in [-0.15, -0.1) is 0 Å². The topological polar surface area (TPSA) is 93.2 Å². The van der Waals surface area contributed by atoms with Crippen molar-refractivity contribution >= 4 is 16.0 Å². The van der Waals surface area contributed by atoms with Crippen molar-refractivity contribution in [1.82, 2.24) is 14.7 Å². The Hall–Kier alpha value is -1.25. The highest BCUT2D eigenvalue weighted by molar-refractivity contribution is 7.89. The van der Waals surface area contributed by atoms with Crippen LogP contribution in [0.15, 0.2) is 17.3 Å². The minimum atomic E-state index is -3.54. The van der Waals surface area contributed by atoms with E-state index in [0.717, 1.165) is 19.4 Å². The van der Waals surface area contributed by atoms with Gasteiger partial charge < -0.3 is 10.1 Å². The Morgan fingerprint density at radius 1 is 1.42 bits per heavy atom. The molecular weight excluding hydrogens is 268 g/mol. The van der Waals surface area contributed by atoms with Crippen molar-refractivity contribution in [2.75, 3.05) is 32.1 Å². The van der Waals surface area contributed by atoms with Gasteiger partial charge in [-0.2, -0.15) is 0 Å². The van der Waals surface area contributed by atoms with E-state index in [2.05, 4.69) is 20.0 Å². The number of anilines is 1. The van der Waals surface area contributed by atoms with Crippen molar-refractivity contribution in [3.05, 3.63) is 12.4 Å². The molecule has 2 N–H and O–H groups in total. The Balaban J connectivity index is 1.96. The Kier molecular flexibility index (Phi) is 4.67. The summed E-state index contributed by atoms with van der Waals surface area (Å²) in [4.78, 5) is 7.86. The summed E-state index contributed by atoms with van der Waals surface area (Å²) in [6.07, 6.45) is 4.54. The SMILES string of the molecule is CNc1ncc(S(=O)(=O)NCC2CCCOC2)cn1. The molecule has 2 rings (SSSR count). The lowest BCUT2D eigenvalue weighted by Crippen LogP contribution is -2.33. The summed E-state index contributed by atoms with van der Waals surface area (Å²) in [5, 5.41) is 2.74. The summed E-state index contributed by atoms with van der Waals surface area (Å²) in [6, 6.07) is 0. The zero-order valence-electron chi connectivity index (χ0n) is 10.8. The first-order valence-electron chi connectivity index (χ1n) is 6.19. The minimum Gasteiger partial charge on any atom is -0.381 e. The van der Waals surface area contributed by atoms with E-state index in [1.807, 2.05) is 0 Å². The minimum absolute atomic E-state index is 0.0724. The monoisotopic (exact) mass is 286 g/mol. The highest BCUT2D eigenvalue weighted by atomic mass is 32.2. The maximum Gasteiger partial charge on any atom is 0.243 e. The molecule has 0 spiro atoms. The lowest BCUT2D eigenvalue weighted by molar-refractivity contribution is 0.0568. The summed E-state index contributed by atoms with van der Waals surface area (Å²) in [7, 11) is -1.87. The summed E-state index contributed by atoms with van der Waals surface area (Å²) in [5.41, 5.74) is 0. The van der Waals surface area contributed by atoms with Crippen LogP contribution in [0.2, 0.25) is 0 Å². The van der Waals surface area contributed by atoms with E-state index in [9.17, 15) is 8.42 Å². The van der Waals surface area contributed by atoms with Crippen LogP contribution >= 0.6 is 0 Å². The fourth-order valence-corrected chi connectivity index (χ4v) is 2.87. The van der Waals surface area contributed by atoms with Crippen molar-refractivity contribution in [3.63, 3.8) is 0 Å². The molecule has 0 bridgehead atoms. The van der Waals surface area contributed by atoms with Crippen LogP contribution in [0, 0.1) is 5.92 Å². The number of ether oxygens (including phenoxy) is 1. The van der Waals surface area contributed by atoms with Crippen molar-refractivity contribution in [3.8, 4) is 0 Å². The normalized spacial score (nSPS) is 20.2. The summed E-state index contributed by atoms with van der Waals surface area (Å²) < 4.78 is 31.9. The number of nitrogens with zero attached hydrogens (tertiary/aromatic N) is 2. The van der Waals surface area contributed by atoms with Crippen molar-refractivity contribution < 1.29 is 13.2 Å². The molecule has 8 heteroatoms. The number of aromatic nitrogens is 2. The second kappa shape index (κ2) is 6.27. The summed E-state index contributed by atoms with van der Waals surface area (Å²) >= 11 is 0. The average molecular weight is 286 g/mol. The first kappa shape index (κ1) is 14.2. The molecule has 0 aliphatic carbocycles. The molecule has 1 unspecified atom stereocenters. The Labute approximate surface area is 112 Å². The van der Waals surface area contributed by atoms with Crippen molar-refractivity contribution in [2.24, 2.45) is 5.92 Å². The van der Waals surface area contributed by atoms with Crippen LogP contribution in [0.1, 0.15) is 12.8 Å². The Morgan fingerprint density at radius 3 is 2.74 bits per heavy atom. The van der Waals surface area contributed by atoms with Gasteiger partial charge in [0.05, 0.1) is 19.0 Å². The molecule has 1 aromatic heterocycles. The summed E-state index contributed by atoms with van der Waals surface area (Å²) in [5.74, 6) is 0.626. The maximum atomic E-state index is 12.0. The number of hydrogen-bond donors (Lipinski definition) is 2. The van der Waals surface area contributed by atoms with E-state index in [1.54, 1.807) is 7.05 Å². The van der Waals surface area contributed by atoms with Gasteiger partial charge in [0.1, 0.15) is 4.90 Å². The van der Waals surface area contributed by atoms with Crippen LogP contribution in [0.3, 0.4) is 0 Å². The van der Waals surface area contributed by atoms with Crippen LogP contribution in [-0.4, -0.2) is 45.2 Å². The molecule has 106 valence electrons. The highest BCUT2D eigenvalue weighted by Crippen LogP contribution is 2.14. The Bertz CT molecular complexity index is 497. The lowest BCUT2D eigenvalue weighted by Gasteiger charge is -2.22. The van der Waals surface area contributed by atoms with Crippen LogP contribution in [0.4, 0.5) is 5.95 Å². The number of rotatable bonds is 5. The molecule has 2 heterocycles. The molecule has 0 saturated carbocycles. The maximum absolute atomic E-state index is 12.0. The van der Waals surface area contributed by atoms with Crippen LogP contribution in [0.5, 0.6) is 0 Å². The van der Waals surface area contributed by atoms with E-state index in [-0.39, 0.29) is 10.8 Å². The fourth-order valence-electron chi connectivity index (χ4n) is 1.86. The molecule has 1 aromatic rings. The van der Waals surface area contributed by atoms with Gasteiger partial charge in [-0.1, -0.05) is 0 Å². The lowest BCUT2D eigenvalue weighted by atomic mass is 10.0. The smallest absolute Gasteiger partial charge is 0.243 e. The van der Waals surface area contributed by atoms with Crippen LogP contribution in [0.25, 0.3) is 0 Å². The van der Waals surface area contributed by atoms with E-state index in [4.69, 9.17) is 4.74 Å². The van der Waals surface area contributed by atoms with Gasteiger partial charge in [0, 0.05) is 20.2 Å². The van der Waals surface area contributed by atoms with Gasteiger partial charge >= 0.3 is 0 Å². The second-order valence-corrected chi connectivity index (χ2v) is 6.19. The first-order chi connectivity index (χ1) is 9.12. The molecule has 1 saturated heterocycles. The second-order valence-electron chi connectivity index (χ2n) is 4.43. The quantitative estimate of drug-likeness (QED) is 0.804. The molecule has 0 amide bonds. The first-order valence-corrected chi connectivity index (χ1v) is 7.67. The van der Waals surface area contributed by atoms with Gasteiger partial charge in [0.15, 0.2) is 0 Å². The number of sulfonamides is 1. The van der Waals surface area contributed by atoms with Crippen LogP contribution < -0.4 is 10.0 Å². The highest BCUT2D eigenvalue weighted by Gasteiger charge is 2.19. The van der Waals surface area contributed by atoms with E-state index in [1.165, 1.54) is 12.4 Å². The molecule has 19 heavy (non-hydrogen) atoms. The molecule has 1 fully saturated rings. The predicted molar refractivity (Wildman–Crippen MR) is 70.3 cm³/mol. The molecule has 1 aliphatic heterocycles. The molecule has 1 atom stereocenters. The largest absolute Gasteiger partial charge is 0.381 e. The molecular formula is C11H18N4O3S. The van der Waals surface area contributed by atoms with Crippen LogP contribution in [-0.2, 0) is 14.8 Å². The third kappa shape index (κ3) is 3.85. The van der Waals surface area contributed by atoms with Gasteiger partial charge in [0.2, 0.25) is 16.0 Å². The molecule has 7 nitrogen and oxygen atoms in total. The Morgan fingerprint density at radius 2 is 2.16 bits per heavy atom. The van der Waals surface area contributed by atoms with E-state index in [0.29, 0.717) is 19.1 Å². The van der Waals surface area contributed by atoms with Gasteiger partial charge in [-0.3, -0.25) is 0 Å². The molecule has 0 radical (unpaired) electrons. The van der Waals surface area contributed by atoms with Gasteiger partial charge in [-0.25, -0.2) is 23.1 Å².